The molecule has 0 saturated heterocycles. The molecule has 162 valence electrons. The zero-order chi connectivity index (χ0) is 22.4. The van der Waals surface area contributed by atoms with Crippen LogP contribution in [-0.2, 0) is 16.0 Å². The summed E-state index contributed by atoms with van der Waals surface area (Å²) < 4.78 is 23.4. The van der Waals surface area contributed by atoms with Crippen LogP contribution < -0.4 is 10.6 Å². The Labute approximate surface area is 178 Å². The molecule has 0 fully saturated rings. The first-order chi connectivity index (χ1) is 14.9. The number of hydrogen-bond acceptors (Lipinski definition) is 6. The van der Waals surface area contributed by atoms with Crippen LogP contribution in [0.2, 0.25) is 0 Å². The lowest BCUT2D eigenvalue weighted by Gasteiger charge is -2.09. The molecule has 0 spiro atoms. The summed E-state index contributed by atoms with van der Waals surface area (Å²) in [7, 11) is 1.17. The number of anilines is 2. The van der Waals surface area contributed by atoms with Crippen LogP contribution >= 0.6 is 0 Å². The number of nitrogens with one attached hydrogen (secondary N) is 2. The quantitative estimate of drug-likeness (QED) is 0.565. The largest absolute Gasteiger partial charge is 0.453 e. The minimum absolute atomic E-state index is 0.0884. The molecule has 2 aromatic carbocycles. The number of aryl methyl sites for hydroxylation is 1. The Hall–Kier alpha value is -3.75. The van der Waals surface area contributed by atoms with Crippen molar-refractivity contribution in [1.29, 1.82) is 0 Å². The molecule has 0 unspecified atom stereocenters. The van der Waals surface area contributed by atoms with Gasteiger partial charge in [0.05, 0.1) is 12.8 Å². The van der Waals surface area contributed by atoms with Crippen molar-refractivity contribution in [3.05, 3.63) is 59.7 Å². The molecule has 0 radical (unpaired) electrons. The smallest absolute Gasteiger partial charge is 0.411 e. The molecule has 0 atom stereocenters. The van der Waals surface area contributed by atoms with Crippen LogP contribution in [0, 0.1) is 5.82 Å². The third-order valence-electron chi connectivity index (χ3n) is 4.54. The molecule has 0 aliphatic carbocycles. The Bertz CT molecular complexity index is 1060. The second-order valence-corrected chi connectivity index (χ2v) is 7.15. The molecule has 0 bridgehead atoms. The molecule has 31 heavy (non-hydrogen) atoms. The van der Waals surface area contributed by atoms with Crippen molar-refractivity contribution in [3.8, 4) is 11.4 Å². The van der Waals surface area contributed by atoms with Gasteiger partial charge in [-0.15, -0.1) is 0 Å². The lowest BCUT2D eigenvalue weighted by molar-refractivity contribution is -0.116. The number of amides is 2. The van der Waals surface area contributed by atoms with E-state index in [9.17, 15) is 14.0 Å². The number of hydrogen-bond donors (Lipinski definition) is 2. The number of ether oxygens (including phenoxy) is 1. The SMILES string of the molecule is COC(=O)Nc1cc(NC(=O)CCc2nc(-c3ccc(C(C)C)cc3)no2)ccc1F. The normalized spacial score (nSPS) is 10.7. The van der Waals surface area contributed by atoms with E-state index in [0.29, 0.717) is 23.3 Å². The Balaban J connectivity index is 1.57. The standard InChI is InChI=1S/C22H23FN4O4/c1-13(2)14-4-6-15(7-5-14)21-26-20(31-27-21)11-10-19(28)24-16-8-9-17(23)18(12-16)25-22(29)30-3/h4-9,12-13H,10-11H2,1-3H3,(H,24,28)(H,25,29). The van der Waals surface area contributed by atoms with Gasteiger partial charge >= 0.3 is 6.09 Å². The highest BCUT2D eigenvalue weighted by Crippen LogP contribution is 2.22. The van der Waals surface area contributed by atoms with Gasteiger partial charge in [0.15, 0.2) is 0 Å². The average molecular weight is 426 g/mol. The highest BCUT2D eigenvalue weighted by Gasteiger charge is 2.13. The van der Waals surface area contributed by atoms with Crippen LogP contribution in [-0.4, -0.2) is 29.3 Å². The maximum atomic E-state index is 13.8. The second-order valence-electron chi connectivity index (χ2n) is 7.15. The highest BCUT2D eigenvalue weighted by molar-refractivity contribution is 5.92. The summed E-state index contributed by atoms with van der Waals surface area (Å²) in [6.45, 7) is 4.24. The fourth-order valence-electron chi connectivity index (χ4n) is 2.79. The summed E-state index contributed by atoms with van der Waals surface area (Å²) in [5, 5.41) is 8.85. The Morgan fingerprint density at radius 1 is 1.13 bits per heavy atom. The van der Waals surface area contributed by atoms with Gasteiger partial charge in [0.25, 0.3) is 0 Å². The van der Waals surface area contributed by atoms with Crippen molar-refractivity contribution in [3.63, 3.8) is 0 Å². The second kappa shape index (κ2) is 9.84. The molecule has 1 heterocycles. The minimum atomic E-state index is -0.812. The first kappa shape index (κ1) is 21.9. The number of benzene rings is 2. The van der Waals surface area contributed by atoms with Gasteiger partial charge < -0.3 is 14.6 Å². The molecule has 3 aromatic rings. The van der Waals surface area contributed by atoms with Crippen LogP contribution in [0.4, 0.5) is 20.6 Å². The Kier molecular flexibility index (Phi) is 6.96. The van der Waals surface area contributed by atoms with Gasteiger partial charge in [0.2, 0.25) is 17.6 Å². The molecular formula is C22H23FN4O4. The molecule has 8 nitrogen and oxygen atoms in total. The number of aromatic nitrogens is 2. The Morgan fingerprint density at radius 2 is 1.87 bits per heavy atom. The summed E-state index contributed by atoms with van der Waals surface area (Å²) in [6, 6.07) is 11.7. The van der Waals surface area contributed by atoms with Crippen molar-refractivity contribution in [2.75, 3.05) is 17.7 Å². The molecule has 1 aromatic heterocycles. The summed E-state index contributed by atoms with van der Waals surface area (Å²) in [4.78, 5) is 27.8. The fraction of sp³-hybridized carbons (Fsp3) is 0.273. The first-order valence-electron chi connectivity index (χ1n) is 9.73. The van der Waals surface area contributed by atoms with E-state index in [1.54, 1.807) is 0 Å². The Morgan fingerprint density at radius 3 is 2.55 bits per heavy atom. The third kappa shape index (κ3) is 5.88. The summed E-state index contributed by atoms with van der Waals surface area (Å²) in [5.41, 5.74) is 2.28. The zero-order valence-corrected chi connectivity index (χ0v) is 17.4. The monoisotopic (exact) mass is 426 g/mol. The maximum absolute atomic E-state index is 13.8. The van der Waals surface area contributed by atoms with Crippen LogP contribution in [0.1, 0.15) is 37.6 Å². The number of halogens is 1. The molecular weight excluding hydrogens is 403 g/mol. The number of rotatable bonds is 7. The summed E-state index contributed by atoms with van der Waals surface area (Å²) >= 11 is 0. The lowest BCUT2D eigenvalue weighted by atomic mass is 10.0. The van der Waals surface area contributed by atoms with Crippen molar-refractivity contribution in [2.24, 2.45) is 0 Å². The van der Waals surface area contributed by atoms with E-state index in [2.05, 4.69) is 39.4 Å². The number of nitrogens with zero attached hydrogens (tertiary/aromatic N) is 2. The third-order valence-corrected chi connectivity index (χ3v) is 4.54. The topological polar surface area (TPSA) is 106 Å². The molecule has 0 aliphatic heterocycles. The van der Waals surface area contributed by atoms with E-state index < -0.39 is 11.9 Å². The van der Waals surface area contributed by atoms with Gasteiger partial charge in [-0.2, -0.15) is 4.98 Å². The van der Waals surface area contributed by atoms with E-state index in [1.807, 2.05) is 24.3 Å². The summed E-state index contributed by atoms with van der Waals surface area (Å²) in [5.74, 6) is 0.259. The van der Waals surface area contributed by atoms with Crippen molar-refractivity contribution in [1.82, 2.24) is 10.1 Å². The van der Waals surface area contributed by atoms with Crippen LogP contribution in [0.3, 0.4) is 0 Å². The van der Waals surface area contributed by atoms with E-state index >= 15 is 0 Å². The van der Waals surface area contributed by atoms with Crippen LogP contribution in [0.25, 0.3) is 11.4 Å². The average Bonchev–Trinajstić information content (AvgIpc) is 3.23. The van der Waals surface area contributed by atoms with Gasteiger partial charge in [-0.1, -0.05) is 43.3 Å². The van der Waals surface area contributed by atoms with Crippen molar-refractivity contribution in [2.45, 2.75) is 32.6 Å². The highest BCUT2D eigenvalue weighted by atomic mass is 19.1. The van der Waals surface area contributed by atoms with Gasteiger partial charge in [-0.25, -0.2) is 9.18 Å². The molecule has 2 amide bonds. The summed E-state index contributed by atoms with van der Waals surface area (Å²) in [6.07, 6.45) is -0.476. The van der Waals surface area contributed by atoms with Crippen LogP contribution in [0.5, 0.6) is 0 Å². The number of carbonyl (C=O) groups is 2. The molecule has 9 heteroatoms. The fourth-order valence-corrected chi connectivity index (χ4v) is 2.79. The van der Waals surface area contributed by atoms with Gasteiger partial charge in [-0.05, 0) is 29.7 Å². The number of methoxy groups -OCH3 is 1. The molecule has 0 aliphatic rings. The maximum Gasteiger partial charge on any atom is 0.411 e. The number of carbonyl (C=O) groups excluding carboxylic acids is 2. The van der Waals surface area contributed by atoms with E-state index in [0.717, 1.165) is 11.6 Å². The van der Waals surface area contributed by atoms with Gasteiger partial charge in [0.1, 0.15) is 5.82 Å². The van der Waals surface area contributed by atoms with Crippen molar-refractivity contribution >= 4 is 23.4 Å². The molecule has 2 N–H and O–H groups in total. The lowest BCUT2D eigenvalue weighted by Crippen LogP contribution is -2.15. The predicted octanol–water partition coefficient (Wildman–Crippen LogP) is 4.75. The first-order valence-corrected chi connectivity index (χ1v) is 9.73. The van der Waals surface area contributed by atoms with Crippen molar-refractivity contribution < 1.29 is 23.2 Å². The van der Waals surface area contributed by atoms with Crippen LogP contribution in [0.15, 0.2) is 47.0 Å². The molecule has 0 saturated carbocycles. The molecule has 3 rings (SSSR count). The van der Waals surface area contributed by atoms with Gasteiger partial charge in [0, 0.05) is 24.1 Å². The van der Waals surface area contributed by atoms with E-state index in [4.69, 9.17) is 4.52 Å². The minimum Gasteiger partial charge on any atom is -0.453 e. The van der Waals surface area contributed by atoms with Gasteiger partial charge in [-0.3, -0.25) is 10.1 Å². The zero-order valence-electron chi connectivity index (χ0n) is 17.4. The van der Waals surface area contributed by atoms with E-state index in [-0.39, 0.29) is 24.4 Å². The predicted molar refractivity (Wildman–Crippen MR) is 113 cm³/mol. The van der Waals surface area contributed by atoms with E-state index in [1.165, 1.54) is 24.8 Å².